The van der Waals surface area contributed by atoms with Crippen LogP contribution in [-0.4, -0.2) is 55.7 Å². The number of amides is 1. The lowest BCUT2D eigenvalue weighted by atomic mass is 10.0. The number of ether oxygens (including phenoxy) is 1. The number of carbonyl (C=O) groups is 1. The van der Waals surface area contributed by atoms with Gasteiger partial charge in [0.2, 0.25) is 5.95 Å². The van der Waals surface area contributed by atoms with Crippen molar-refractivity contribution in [1.82, 2.24) is 29.0 Å². The summed E-state index contributed by atoms with van der Waals surface area (Å²) >= 11 is 0. The summed E-state index contributed by atoms with van der Waals surface area (Å²) in [5.41, 5.74) is 4.70. The Bertz CT molecular complexity index is 1390. The van der Waals surface area contributed by atoms with Gasteiger partial charge in [0, 0.05) is 57.6 Å². The van der Waals surface area contributed by atoms with Crippen LogP contribution in [0, 0.1) is 12.7 Å². The second-order valence-corrected chi connectivity index (χ2v) is 8.26. The summed E-state index contributed by atoms with van der Waals surface area (Å²) in [6.45, 7) is 2.68. The molecule has 0 unspecified atom stereocenters. The van der Waals surface area contributed by atoms with E-state index in [4.69, 9.17) is 4.74 Å². The molecule has 1 aliphatic heterocycles. The Morgan fingerprint density at radius 3 is 2.88 bits per heavy atom. The predicted molar refractivity (Wildman–Crippen MR) is 121 cm³/mol. The van der Waals surface area contributed by atoms with Crippen molar-refractivity contribution < 1.29 is 13.9 Å². The minimum atomic E-state index is -0.293. The van der Waals surface area contributed by atoms with E-state index in [0.717, 1.165) is 28.3 Å². The van der Waals surface area contributed by atoms with Crippen LogP contribution in [0.3, 0.4) is 0 Å². The molecule has 0 atom stereocenters. The van der Waals surface area contributed by atoms with E-state index in [1.54, 1.807) is 41.6 Å². The molecular weight excluding hydrogens is 425 g/mol. The zero-order valence-electron chi connectivity index (χ0n) is 18.9. The van der Waals surface area contributed by atoms with Crippen molar-refractivity contribution >= 4 is 17.5 Å². The highest BCUT2D eigenvalue weighted by atomic mass is 19.1. The Balaban J connectivity index is 1.59. The van der Waals surface area contributed by atoms with Gasteiger partial charge in [0.25, 0.3) is 5.91 Å². The fourth-order valence-corrected chi connectivity index (χ4v) is 4.16. The third-order valence-electron chi connectivity index (χ3n) is 5.76. The number of hydrogen-bond acceptors (Lipinski definition) is 6. The summed E-state index contributed by atoms with van der Waals surface area (Å²) in [5.74, 6) is 0.656. The zero-order valence-corrected chi connectivity index (χ0v) is 18.9. The van der Waals surface area contributed by atoms with E-state index in [1.807, 2.05) is 20.0 Å². The number of hydrogen-bond donors (Lipinski definition) is 1. The van der Waals surface area contributed by atoms with E-state index >= 15 is 0 Å². The van der Waals surface area contributed by atoms with Crippen LogP contribution in [0.25, 0.3) is 16.9 Å². The summed E-state index contributed by atoms with van der Waals surface area (Å²) in [5, 5.41) is 7.64. The number of aryl methyl sites for hydroxylation is 2. The third-order valence-corrected chi connectivity index (χ3v) is 5.76. The Morgan fingerprint density at radius 2 is 2.15 bits per heavy atom. The second-order valence-electron chi connectivity index (χ2n) is 8.26. The first-order valence-corrected chi connectivity index (χ1v) is 10.6. The fourth-order valence-electron chi connectivity index (χ4n) is 4.16. The highest BCUT2D eigenvalue weighted by molar-refractivity contribution is 5.93. The van der Waals surface area contributed by atoms with E-state index in [1.165, 1.54) is 11.0 Å². The van der Waals surface area contributed by atoms with E-state index in [0.29, 0.717) is 30.2 Å². The van der Waals surface area contributed by atoms with Gasteiger partial charge >= 0.3 is 0 Å². The molecule has 5 rings (SSSR count). The number of nitrogens with zero attached hydrogens (tertiary/aromatic N) is 6. The van der Waals surface area contributed by atoms with Crippen LogP contribution in [0.1, 0.15) is 27.3 Å². The van der Waals surface area contributed by atoms with Crippen molar-refractivity contribution in [1.29, 1.82) is 0 Å². The Hall–Kier alpha value is -3.95. The van der Waals surface area contributed by atoms with Crippen LogP contribution in [-0.2, 0) is 20.0 Å². The number of rotatable bonds is 5. The Kier molecular flexibility index (Phi) is 4.99. The number of aromatic nitrogens is 5. The van der Waals surface area contributed by atoms with Crippen molar-refractivity contribution in [3.8, 4) is 17.0 Å². The molecule has 0 saturated heterocycles. The highest BCUT2D eigenvalue weighted by Crippen LogP contribution is 2.31. The molecule has 1 aromatic carbocycles. The average Bonchev–Trinajstić information content (AvgIpc) is 3.50. The fraction of sp³-hybridized carbons (Fsp3) is 0.304. The molecule has 4 aromatic rings. The predicted octanol–water partition coefficient (Wildman–Crippen LogP) is 2.83. The van der Waals surface area contributed by atoms with Gasteiger partial charge in [0.15, 0.2) is 5.65 Å². The van der Waals surface area contributed by atoms with Crippen LogP contribution in [0.4, 0.5) is 10.3 Å². The number of benzene rings is 1. The zero-order chi connectivity index (χ0) is 23.3. The summed E-state index contributed by atoms with van der Waals surface area (Å²) in [7, 11) is 5.20. The lowest BCUT2D eigenvalue weighted by Crippen LogP contribution is -2.21. The maximum Gasteiger partial charge on any atom is 0.273 e. The Morgan fingerprint density at radius 1 is 1.33 bits per heavy atom. The van der Waals surface area contributed by atoms with Crippen molar-refractivity contribution in [3.63, 3.8) is 0 Å². The molecule has 0 spiro atoms. The monoisotopic (exact) mass is 449 g/mol. The number of fused-ring (bicyclic) bond motifs is 2. The van der Waals surface area contributed by atoms with Crippen LogP contribution >= 0.6 is 0 Å². The van der Waals surface area contributed by atoms with E-state index in [-0.39, 0.29) is 24.0 Å². The van der Waals surface area contributed by atoms with Gasteiger partial charge in [-0.3, -0.25) is 13.9 Å². The molecule has 0 saturated carbocycles. The summed E-state index contributed by atoms with van der Waals surface area (Å²) < 4.78 is 23.7. The van der Waals surface area contributed by atoms with Gasteiger partial charge in [-0.05, 0) is 25.1 Å². The number of carbonyl (C=O) groups excluding carboxylic acids is 1. The number of nitrogens with one attached hydrogen (secondary N) is 1. The smallest absolute Gasteiger partial charge is 0.273 e. The highest BCUT2D eigenvalue weighted by Gasteiger charge is 2.22. The minimum Gasteiger partial charge on any atom is -0.493 e. The molecule has 4 heterocycles. The number of halogens is 1. The van der Waals surface area contributed by atoms with Crippen LogP contribution < -0.4 is 10.1 Å². The molecule has 1 N–H and O–H groups in total. The molecule has 170 valence electrons. The van der Waals surface area contributed by atoms with Gasteiger partial charge in [-0.2, -0.15) is 5.10 Å². The van der Waals surface area contributed by atoms with Crippen molar-refractivity contribution in [2.24, 2.45) is 7.05 Å². The van der Waals surface area contributed by atoms with Gasteiger partial charge in [-0.1, -0.05) is 0 Å². The molecule has 33 heavy (non-hydrogen) atoms. The van der Waals surface area contributed by atoms with Gasteiger partial charge in [0.1, 0.15) is 17.3 Å². The largest absolute Gasteiger partial charge is 0.493 e. The quantitative estimate of drug-likeness (QED) is 0.504. The van der Waals surface area contributed by atoms with Gasteiger partial charge in [-0.15, -0.1) is 0 Å². The van der Waals surface area contributed by atoms with Crippen LogP contribution in [0.2, 0.25) is 0 Å². The standard InChI is InChI=1S/C23H24FN7O2/c1-13-9-19(30(4)28-13)16-11-26-23(31-12-18(27-21(16)31)22(32)29(2)3)25-10-15-14-7-8-33-20(14)6-5-17(15)24/h5-6,9,11-12H,7-8,10H2,1-4H3,(H,25,26). The maximum absolute atomic E-state index is 14.6. The normalized spacial score (nSPS) is 12.6. The van der Waals surface area contributed by atoms with Gasteiger partial charge in [0.05, 0.1) is 23.6 Å². The van der Waals surface area contributed by atoms with Crippen molar-refractivity contribution in [3.05, 3.63) is 58.9 Å². The van der Waals surface area contributed by atoms with E-state index in [9.17, 15) is 9.18 Å². The summed E-state index contributed by atoms with van der Waals surface area (Å²) in [6, 6.07) is 5.02. The molecule has 0 bridgehead atoms. The number of anilines is 1. The molecule has 0 fully saturated rings. The molecule has 3 aromatic heterocycles. The number of imidazole rings is 1. The topological polar surface area (TPSA) is 89.6 Å². The second kappa shape index (κ2) is 7.88. The Labute approximate surface area is 189 Å². The summed E-state index contributed by atoms with van der Waals surface area (Å²) in [4.78, 5) is 23.3. The van der Waals surface area contributed by atoms with E-state index < -0.39 is 0 Å². The van der Waals surface area contributed by atoms with E-state index in [2.05, 4.69) is 20.4 Å². The SMILES string of the molecule is Cc1cc(-c2cnc(NCc3c(F)ccc4c3CCO4)n3cc(C(=O)N(C)C)nc23)n(C)n1. The van der Waals surface area contributed by atoms with Crippen molar-refractivity contribution in [2.75, 3.05) is 26.0 Å². The average molecular weight is 449 g/mol. The lowest BCUT2D eigenvalue weighted by Gasteiger charge is -2.13. The summed E-state index contributed by atoms with van der Waals surface area (Å²) in [6.07, 6.45) is 4.01. The van der Waals surface area contributed by atoms with Crippen LogP contribution in [0.15, 0.2) is 30.6 Å². The maximum atomic E-state index is 14.6. The van der Waals surface area contributed by atoms with Crippen LogP contribution in [0.5, 0.6) is 5.75 Å². The molecule has 9 nitrogen and oxygen atoms in total. The first-order chi connectivity index (χ1) is 15.8. The first kappa shape index (κ1) is 20.9. The lowest BCUT2D eigenvalue weighted by molar-refractivity contribution is 0.0822. The van der Waals surface area contributed by atoms with Crippen molar-refractivity contribution in [2.45, 2.75) is 19.9 Å². The minimum absolute atomic E-state index is 0.221. The van der Waals surface area contributed by atoms with Gasteiger partial charge < -0.3 is 15.0 Å². The van der Waals surface area contributed by atoms with Gasteiger partial charge in [-0.25, -0.2) is 14.4 Å². The molecular formula is C23H24FN7O2. The molecule has 0 radical (unpaired) electrons. The molecule has 10 heteroatoms. The first-order valence-electron chi connectivity index (χ1n) is 10.6. The third kappa shape index (κ3) is 3.57. The molecule has 1 amide bonds. The molecule has 0 aliphatic carbocycles. The molecule has 1 aliphatic rings.